The molecule has 1 aromatic rings. The number of carbonyl (C=O) groups is 3. The van der Waals surface area contributed by atoms with Gasteiger partial charge in [0.1, 0.15) is 6.04 Å². The van der Waals surface area contributed by atoms with E-state index < -0.39 is 45.7 Å². The van der Waals surface area contributed by atoms with Crippen molar-refractivity contribution in [2.75, 3.05) is 6.54 Å². The molecule has 3 N–H and O–H groups in total. The second-order valence-corrected chi connectivity index (χ2v) is 8.18. The third-order valence-corrected chi connectivity index (χ3v) is 5.82. The summed E-state index contributed by atoms with van der Waals surface area (Å²) >= 11 is 0. The third kappa shape index (κ3) is 3.30. The molecule has 0 radical (unpaired) electrons. The lowest BCUT2D eigenvalue weighted by Crippen LogP contribution is -2.56. The SMILES string of the molecule is O=C(NNC(=O)[C@@H]1CC2(CC2)[C@@H]2CN1C(=O)N2OS(=O)(=O)O)c1ccccc1. The highest BCUT2D eigenvalue weighted by molar-refractivity contribution is 7.80. The molecule has 0 unspecified atom stereocenters. The smallest absolute Gasteiger partial charge is 0.309 e. The Morgan fingerprint density at radius 3 is 2.46 bits per heavy atom. The number of urea groups is 1. The highest BCUT2D eigenvalue weighted by atomic mass is 32.3. The van der Waals surface area contributed by atoms with Gasteiger partial charge in [0.2, 0.25) is 0 Å². The van der Waals surface area contributed by atoms with E-state index in [0.29, 0.717) is 29.9 Å². The summed E-state index contributed by atoms with van der Waals surface area (Å²) in [7, 11) is -4.87. The molecule has 4 rings (SSSR count). The van der Waals surface area contributed by atoms with Gasteiger partial charge in [-0.1, -0.05) is 18.2 Å². The lowest BCUT2D eigenvalue weighted by Gasteiger charge is -2.35. The van der Waals surface area contributed by atoms with Crippen molar-refractivity contribution < 1.29 is 31.6 Å². The van der Waals surface area contributed by atoms with Gasteiger partial charge < -0.3 is 4.90 Å². The molecule has 2 aliphatic heterocycles. The minimum absolute atomic E-state index is 0.0963. The minimum atomic E-state index is -4.87. The lowest BCUT2D eigenvalue weighted by atomic mass is 9.85. The van der Waals surface area contributed by atoms with Crippen LogP contribution in [0.5, 0.6) is 0 Å². The standard InChI is InChI=1S/C16H18N4O7S/c21-13(10-4-2-1-3-5-10)17-18-14(22)11-8-16(6-7-16)12-9-19(11)15(23)20(12)27-28(24,25)26/h1-5,11-12H,6-9H2,(H,17,21)(H,18,22)(H,24,25,26)/t11-,12-/m0/s1. The van der Waals surface area contributed by atoms with Gasteiger partial charge in [-0.2, -0.15) is 13.5 Å². The number of rotatable bonds is 4. The number of nitrogens with one attached hydrogen (secondary N) is 2. The van der Waals surface area contributed by atoms with Crippen molar-refractivity contribution in [2.24, 2.45) is 5.41 Å². The number of hydrogen-bond donors (Lipinski definition) is 3. The van der Waals surface area contributed by atoms with Crippen LogP contribution in [0.15, 0.2) is 30.3 Å². The number of hydrogen-bond acceptors (Lipinski definition) is 6. The molecule has 0 aromatic heterocycles. The van der Waals surface area contributed by atoms with Crippen LogP contribution in [-0.4, -0.2) is 59.4 Å². The molecular formula is C16H18N4O7S. The zero-order valence-corrected chi connectivity index (χ0v) is 15.4. The van der Waals surface area contributed by atoms with Crippen LogP contribution in [0.4, 0.5) is 4.79 Å². The Balaban J connectivity index is 1.46. The average Bonchev–Trinajstić information content (AvgIpc) is 3.37. The fourth-order valence-electron chi connectivity index (χ4n) is 3.91. The number of amides is 4. The Morgan fingerprint density at radius 1 is 1.18 bits per heavy atom. The zero-order chi connectivity index (χ0) is 20.1. The Kier molecular flexibility index (Phi) is 4.28. The van der Waals surface area contributed by atoms with Gasteiger partial charge in [-0.05, 0) is 36.8 Å². The quantitative estimate of drug-likeness (QED) is 0.462. The molecule has 1 saturated carbocycles. The van der Waals surface area contributed by atoms with Crippen LogP contribution in [0.3, 0.4) is 0 Å². The number of fused-ring (bicyclic) bond motifs is 3. The van der Waals surface area contributed by atoms with E-state index >= 15 is 0 Å². The first kappa shape index (κ1) is 18.7. The van der Waals surface area contributed by atoms with Crippen molar-refractivity contribution in [3.63, 3.8) is 0 Å². The van der Waals surface area contributed by atoms with Gasteiger partial charge in [0.05, 0.1) is 6.04 Å². The Labute approximate surface area is 160 Å². The van der Waals surface area contributed by atoms with Crippen LogP contribution >= 0.6 is 0 Å². The molecule has 28 heavy (non-hydrogen) atoms. The molecule has 2 saturated heterocycles. The molecule has 1 aromatic carbocycles. The van der Waals surface area contributed by atoms with E-state index in [1.807, 2.05) is 0 Å². The van der Waals surface area contributed by atoms with Crippen molar-refractivity contribution in [3.05, 3.63) is 35.9 Å². The van der Waals surface area contributed by atoms with E-state index in [1.165, 1.54) is 4.90 Å². The second kappa shape index (κ2) is 6.43. The molecular weight excluding hydrogens is 392 g/mol. The third-order valence-electron chi connectivity index (χ3n) is 5.47. The number of benzene rings is 1. The highest BCUT2D eigenvalue weighted by Crippen LogP contribution is 2.59. The maximum absolute atomic E-state index is 12.6. The van der Waals surface area contributed by atoms with E-state index in [1.54, 1.807) is 30.3 Å². The first-order valence-corrected chi connectivity index (χ1v) is 9.99. The van der Waals surface area contributed by atoms with Gasteiger partial charge >= 0.3 is 16.4 Å². The van der Waals surface area contributed by atoms with Crippen LogP contribution in [0, 0.1) is 5.41 Å². The Bertz CT molecular complexity index is 932. The van der Waals surface area contributed by atoms with Crippen molar-refractivity contribution in [3.8, 4) is 0 Å². The molecule has 3 aliphatic rings. The maximum atomic E-state index is 12.6. The summed E-state index contributed by atoms with van der Waals surface area (Å²) < 4.78 is 35.5. The van der Waals surface area contributed by atoms with Gasteiger partial charge in [-0.15, -0.1) is 4.28 Å². The first-order valence-electron chi connectivity index (χ1n) is 8.62. The predicted octanol–water partition coefficient (Wildman–Crippen LogP) is -0.159. The van der Waals surface area contributed by atoms with E-state index in [9.17, 15) is 22.8 Å². The minimum Gasteiger partial charge on any atom is -0.309 e. The van der Waals surface area contributed by atoms with Gasteiger partial charge in [-0.3, -0.25) is 25.0 Å². The molecule has 12 heteroatoms. The highest BCUT2D eigenvalue weighted by Gasteiger charge is 2.65. The van der Waals surface area contributed by atoms with Gasteiger partial charge in [0, 0.05) is 12.1 Å². The monoisotopic (exact) mass is 410 g/mol. The first-order chi connectivity index (χ1) is 13.2. The van der Waals surface area contributed by atoms with Gasteiger partial charge in [-0.25, -0.2) is 4.79 Å². The second-order valence-electron chi connectivity index (χ2n) is 7.17. The lowest BCUT2D eigenvalue weighted by molar-refractivity contribution is -0.128. The number of piperidine rings is 1. The zero-order valence-electron chi connectivity index (χ0n) is 14.6. The molecule has 2 atom stereocenters. The van der Waals surface area contributed by atoms with E-state index in [4.69, 9.17) is 4.55 Å². The van der Waals surface area contributed by atoms with Crippen LogP contribution in [0.25, 0.3) is 0 Å². The van der Waals surface area contributed by atoms with E-state index in [-0.39, 0.29) is 6.54 Å². The summed E-state index contributed by atoms with van der Waals surface area (Å²) in [5.74, 6) is -1.09. The molecule has 150 valence electrons. The number of hydroxylamine groups is 2. The molecule has 2 bridgehead atoms. The van der Waals surface area contributed by atoms with E-state index in [0.717, 1.165) is 0 Å². The van der Waals surface area contributed by atoms with Crippen molar-refractivity contribution >= 4 is 28.2 Å². The van der Waals surface area contributed by atoms with Crippen LogP contribution < -0.4 is 10.9 Å². The van der Waals surface area contributed by atoms with Crippen molar-refractivity contribution in [1.82, 2.24) is 20.8 Å². The number of hydrazine groups is 1. The molecule has 11 nitrogen and oxygen atoms in total. The summed E-state index contributed by atoms with van der Waals surface area (Å²) in [6.07, 6.45) is 1.70. The van der Waals surface area contributed by atoms with Gasteiger partial charge in [0.15, 0.2) is 0 Å². The van der Waals surface area contributed by atoms with Crippen molar-refractivity contribution in [2.45, 2.75) is 31.3 Å². The molecule has 3 fully saturated rings. The molecule has 1 spiro atoms. The van der Waals surface area contributed by atoms with Crippen LogP contribution in [-0.2, 0) is 19.5 Å². The molecule has 4 amide bonds. The largest absolute Gasteiger partial charge is 0.418 e. The number of nitrogens with zero attached hydrogens (tertiary/aromatic N) is 2. The van der Waals surface area contributed by atoms with Crippen LogP contribution in [0.2, 0.25) is 0 Å². The Hall–Kier alpha value is -2.70. The normalized spacial score (nSPS) is 25.0. The topological polar surface area (TPSA) is 145 Å². The fraction of sp³-hybridized carbons (Fsp3) is 0.438. The van der Waals surface area contributed by atoms with E-state index in [2.05, 4.69) is 15.1 Å². The molecule has 2 heterocycles. The predicted molar refractivity (Wildman–Crippen MR) is 92.5 cm³/mol. The summed E-state index contributed by atoms with van der Waals surface area (Å²) in [6, 6.07) is 6.01. The Morgan fingerprint density at radius 2 is 1.86 bits per heavy atom. The summed E-state index contributed by atoms with van der Waals surface area (Å²) in [6.45, 7) is 0.0963. The summed E-state index contributed by atoms with van der Waals surface area (Å²) in [5.41, 5.74) is 4.54. The van der Waals surface area contributed by atoms with Gasteiger partial charge in [0.25, 0.3) is 11.8 Å². The van der Waals surface area contributed by atoms with Crippen molar-refractivity contribution in [1.29, 1.82) is 0 Å². The summed E-state index contributed by atoms with van der Waals surface area (Å²) in [4.78, 5) is 38.4. The summed E-state index contributed by atoms with van der Waals surface area (Å²) in [5, 5.41) is 0.637. The fourth-order valence-corrected chi connectivity index (χ4v) is 4.28. The average molecular weight is 410 g/mol. The maximum Gasteiger partial charge on any atom is 0.418 e. The number of carbonyl (C=O) groups excluding carboxylic acids is 3. The van der Waals surface area contributed by atoms with Crippen LogP contribution in [0.1, 0.15) is 29.6 Å². The molecule has 1 aliphatic carbocycles.